The summed E-state index contributed by atoms with van der Waals surface area (Å²) >= 11 is 0. The number of hydrogen-bond donors (Lipinski definition) is 0. The third kappa shape index (κ3) is 5.09. The zero-order valence-corrected chi connectivity index (χ0v) is 39.0. The van der Waals surface area contributed by atoms with E-state index >= 15 is 0 Å². The molecule has 0 amide bonds. The highest BCUT2D eigenvalue weighted by atomic mass is 16.5. The molecule has 5 aliphatic rings. The van der Waals surface area contributed by atoms with Gasteiger partial charge in [-0.25, -0.2) is 4.98 Å². The Labute approximate surface area is 418 Å². The third-order valence-electron chi connectivity index (χ3n) is 16.4. The van der Waals surface area contributed by atoms with E-state index in [1.807, 2.05) is 12.1 Å². The molecule has 5 heteroatoms. The van der Waals surface area contributed by atoms with Crippen molar-refractivity contribution in [3.05, 3.63) is 293 Å². The van der Waals surface area contributed by atoms with Crippen molar-refractivity contribution < 1.29 is 9.47 Å². The summed E-state index contributed by atoms with van der Waals surface area (Å²) in [6, 6.07) is 89.5. The van der Waals surface area contributed by atoms with Crippen molar-refractivity contribution in [2.75, 3.05) is 4.90 Å². The third-order valence-corrected chi connectivity index (χ3v) is 16.4. The van der Waals surface area contributed by atoms with Crippen LogP contribution in [-0.2, 0) is 10.8 Å². The molecular weight excluding hydrogens is 876 g/mol. The Morgan fingerprint density at radius 1 is 0.333 bits per heavy atom. The molecule has 1 aromatic heterocycles. The fraction of sp³-hybridized carbons (Fsp3) is 0.0299. The fourth-order valence-corrected chi connectivity index (χ4v) is 13.6. The van der Waals surface area contributed by atoms with Crippen molar-refractivity contribution in [2.24, 2.45) is 0 Å². The minimum atomic E-state index is -0.518. The number of nitrogens with zero attached hydrogens (tertiary/aromatic N) is 2. The number of para-hydroxylation sites is 1. The van der Waals surface area contributed by atoms with Gasteiger partial charge in [0.1, 0.15) is 17.2 Å². The Morgan fingerprint density at radius 3 is 1.38 bits per heavy atom. The van der Waals surface area contributed by atoms with Crippen molar-refractivity contribution in [1.82, 2.24) is 4.98 Å². The second kappa shape index (κ2) is 14.7. The second-order valence-corrected chi connectivity index (χ2v) is 19.6. The monoisotopic (exact) mass is 916 g/mol. The summed E-state index contributed by atoms with van der Waals surface area (Å²) in [7, 11) is 0. The first-order valence-corrected chi connectivity index (χ1v) is 24.9. The average molecular weight is 917 g/mol. The highest BCUT2D eigenvalue weighted by Gasteiger charge is 2.52. The molecule has 0 unspecified atom stereocenters. The number of anilines is 3. The standard InChI is InChI=1S/C67H41BN2O2/c1-3-17-42(18-4-1)66(43-19-5-2-6-20-43)53-25-11-9-23-49(53)51-39-44(31-34-57(51)66)70(46-33-36-60-63(41-46)72-65-64-62(37-38-69-65)71-61-30-16-15-29-59(61)68(60)64)45-32-35-58-52(40-45)50-24-10-14-28-56(50)67(58)54-26-12-7-21-47(54)48-22-8-13-27-55(48)67/h1-41H. The molecule has 4 nitrogen and oxygen atoms in total. The molecule has 72 heavy (non-hydrogen) atoms. The zero-order chi connectivity index (χ0) is 47.1. The first kappa shape index (κ1) is 39.6. The van der Waals surface area contributed by atoms with Gasteiger partial charge < -0.3 is 14.4 Å². The van der Waals surface area contributed by atoms with Crippen LogP contribution in [0.3, 0.4) is 0 Å². The molecule has 3 aliphatic carbocycles. The van der Waals surface area contributed by atoms with Gasteiger partial charge in [0.05, 0.1) is 10.8 Å². The molecular formula is C67H41BN2O2. The molecule has 0 radical (unpaired) electrons. The van der Waals surface area contributed by atoms with E-state index in [0.29, 0.717) is 5.88 Å². The molecule has 2 aliphatic heterocycles. The Hall–Kier alpha value is -9.19. The lowest BCUT2D eigenvalue weighted by Crippen LogP contribution is -2.57. The van der Waals surface area contributed by atoms with Crippen LogP contribution in [0.4, 0.5) is 17.1 Å². The van der Waals surface area contributed by atoms with Crippen LogP contribution in [-0.4, -0.2) is 11.7 Å². The van der Waals surface area contributed by atoms with E-state index in [4.69, 9.17) is 14.5 Å². The van der Waals surface area contributed by atoms with Gasteiger partial charge in [-0.1, -0.05) is 194 Å². The fourth-order valence-electron chi connectivity index (χ4n) is 13.6. The van der Waals surface area contributed by atoms with Crippen LogP contribution in [0, 0.1) is 0 Å². The molecule has 10 aromatic carbocycles. The van der Waals surface area contributed by atoms with Gasteiger partial charge in [-0.2, -0.15) is 0 Å². The van der Waals surface area contributed by atoms with Crippen LogP contribution in [0.2, 0.25) is 0 Å². The molecule has 0 saturated heterocycles. The minimum Gasteiger partial charge on any atom is -0.458 e. The van der Waals surface area contributed by atoms with Crippen molar-refractivity contribution in [3.8, 4) is 56.5 Å². The summed E-state index contributed by atoms with van der Waals surface area (Å²) in [5, 5.41) is 0. The summed E-state index contributed by atoms with van der Waals surface area (Å²) in [5.74, 6) is 2.99. The Morgan fingerprint density at radius 2 is 0.778 bits per heavy atom. The smallest absolute Gasteiger partial charge is 0.262 e. The first-order chi connectivity index (χ1) is 35.7. The topological polar surface area (TPSA) is 34.6 Å². The van der Waals surface area contributed by atoms with Crippen molar-refractivity contribution in [2.45, 2.75) is 10.8 Å². The van der Waals surface area contributed by atoms with Gasteiger partial charge in [0.15, 0.2) is 0 Å². The number of rotatable bonds is 5. The van der Waals surface area contributed by atoms with Gasteiger partial charge >= 0.3 is 0 Å². The molecule has 11 aromatic rings. The van der Waals surface area contributed by atoms with Gasteiger partial charge in [0.2, 0.25) is 5.88 Å². The average Bonchev–Trinajstić information content (AvgIpc) is 4.03. The van der Waals surface area contributed by atoms with E-state index in [1.165, 1.54) is 77.9 Å². The number of aromatic nitrogens is 1. The lowest BCUT2D eigenvalue weighted by Gasteiger charge is -2.34. The maximum Gasteiger partial charge on any atom is 0.262 e. The Kier molecular flexibility index (Phi) is 8.08. The van der Waals surface area contributed by atoms with Crippen molar-refractivity contribution in [3.63, 3.8) is 0 Å². The molecule has 0 bridgehead atoms. The minimum absolute atomic E-state index is 0.0923. The van der Waals surface area contributed by atoms with E-state index in [-0.39, 0.29) is 6.71 Å². The summed E-state index contributed by atoms with van der Waals surface area (Å²) < 4.78 is 13.3. The molecule has 0 N–H and O–H groups in total. The number of hydrogen-bond acceptors (Lipinski definition) is 4. The van der Waals surface area contributed by atoms with Crippen molar-refractivity contribution >= 4 is 40.2 Å². The zero-order valence-electron chi connectivity index (χ0n) is 39.0. The highest BCUT2D eigenvalue weighted by molar-refractivity contribution is 6.98. The maximum atomic E-state index is 6.88. The van der Waals surface area contributed by atoms with E-state index in [0.717, 1.165) is 50.7 Å². The molecule has 0 fully saturated rings. The summed E-state index contributed by atoms with van der Waals surface area (Å²) in [5.41, 5.74) is 23.1. The summed E-state index contributed by atoms with van der Waals surface area (Å²) in [6.07, 6.45) is 1.78. The number of pyridine rings is 1. The molecule has 3 heterocycles. The van der Waals surface area contributed by atoms with Crippen LogP contribution in [0.15, 0.2) is 249 Å². The molecule has 0 saturated carbocycles. The quantitative estimate of drug-likeness (QED) is 0.161. The van der Waals surface area contributed by atoms with E-state index < -0.39 is 10.8 Å². The number of benzene rings is 10. The van der Waals surface area contributed by atoms with Crippen LogP contribution < -0.4 is 30.8 Å². The van der Waals surface area contributed by atoms with Crippen LogP contribution in [0.25, 0.3) is 33.4 Å². The van der Waals surface area contributed by atoms with Gasteiger partial charge in [-0.05, 0) is 131 Å². The number of fused-ring (bicyclic) bond motifs is 17. The van der Waals surface area contributed by atoms with E-state index in [2.05, 4.69) is 235 Å². The molecule has 334 valence electrons. The summed E-state index contributed by atoms with van der Waals surface area (Å²) in [4.78, 5) is 7.24. The van der Waals surface area contributed by atoms with Crippen molar-refractivity contribution in [1.29, 1.82) is 0 Å². The lowest BCUT2D eigenvalue weighted by molar-refractivity contribution is 0.450. The SMILES string of the molecule is c1ccc(C2(c3ccccc3)c3ccccc3-c3cc(N(c4ccc5c(c4)Oc4nccc6c4B5c4ccccc4O6)c4ccc5c(c4)-c4ccccc4C54c5ccccc5-c5ccccc54)ccc32)cc1. The largest absolute Gasteiger partial charge is 0.458 e. The second-order valence-electron chi connectivity index (χ2n) is 19.6. The molecule has 1 spiro atoms. The predicted octanol–water partition coefficient (Wildman–Crippen LogP) is 14.0. The van der Waals surface area contributed by atoms with Gasteiger partial charge in [-0.15, -0.1) is 0 Å². The van der Waals surface area contributed by atoms with Crippen LogP contribution >= 0.6 is 0 Å². The van der Waals surface area contributed by atoms with Crippen LogP contribution in [0.5, 0.6) is 23.1 Å². The lowest BCUT2D eigenvalue weighted by atomic mass is 9.35. The first-order valence-electron chi connectivity index (χ1n) is 24.9. The number of ether oxygens (including phenoxy) is 2. The Balaban J connectivity index is 0.938. The molecule has 16 rings (SSSR count). The van der Waals surface area contributed by atoms with E-state index in [1.54, 1.807) is 6.20 Å². The highest BCUT2D eigenvalue weighted by Crippen LogP contribution is 2.64. The van der Waals surface area contributed by atoms with Crippen LogP contribution in [0.1, 0.15) is 44.5 Å². The van der Waals surface area contributed by atoms with Gasteiger partial charge in [0.25, 0.3) is 6.71 Å². The molecule has 0 atom stereocenters. The van der Waals surface area contributed by atoms with E-state index in [9.17, 15) is 0 Å². The maximum absolute atomic E-state index is 6.88. The Bertz CT molecular complexity index is 3910. The normalized spacial score (nSPS) is 14.5. The van der Waals surface area contributed by atoms with Gasteiger partial charge in [-0.3, -0.25) is 0 Å². The van der Waals surface area contributed by atoms with Gasteiger partial charge in [0, 0.05) is 34.8 Å². The summed E-state index contributed by atoms with van der Waals surface area (Å²) in [6.45, 7) is -0.0923. The predicted molar refractivity (Wildman–Crippen MR) is 290 cm³/mol.